The number of thiophene rings is 1. The number of nitrogens with zero attached hydrogens (tertiary/aromatic N) is 1. The van der Waals surface area contributed by atoms with Crippen LogP contribution in [0.2, 0.25) is 5.02 Å². The van der Waals surface area contributed by atoms with E-state index in [1.165, 1.54) is 42.1 Å². The molecule has 1 atom stereocenters. The Labute approximate surface area is 241 Å². The summed E-state index contributed by atoms with van der Waals surface area (Å²) in [5, 5.41) is 10.6. The average Bonchev–Trinajstić information content (AvgIpc) is 3.39. The minimum Gasteiger partial charge on any atom is -0.358 e. The molecule has 0 aliphatic carbocycles. The molecular formula is C36H23ClN2S. The fourth-order valence-corrected chi connectivity index (χ4v) is 7.32. The number of benzene rings is 6. The van der Waals surface area contributed by atoms with Gasteiger partial charge in [-0.3, -0.25) is 4.99 Å². The third-order valence-electron chi connectivity index (χ3n) is 7.71. The minimum absolute atomic E-state index is 0.273. The second-order valence-electron chi connectivity index (χ2n) is 10.2. The van der Waals surface area contributed by atoms with Gasteiger partial charge >= 0.3 is 0 Å². The van der Waals surface area contributed by atoms with Crippen molar-refractivity contribution < 1.29 is 0 Å². The molecule has 190 valence electrons. The van der Waals surface area contributed by atoms with Gasteiger partial charge in [0.1, 0.15) is 6.17 Å². The summed E-state index contributed by atoms with van der Waals surface area (Å²) in [6.45, 7) is 0. The summed E-state index contributed by atoms with van der Waals surface area (Å²) in [5.41, 5.74) is 6.56. The van der Waals surface area contributed by atoms with Gasteiger partial charge < -0.3 is 5.32 Å². The monoisotopic (exact) mass is 550 g/mol. The van der Waals surface area contributed by atoms with Crippen LogP contribution < -0.4 is 5.32 Å². The lowest BCUT2D eigenvalue weighted by molar-refractivity contribution is 0.833. The SMILES string of the molecule is Clc1cc(-c2cc3ccccc3c3ccccc23)cc(C2N=C(c3ccccc3)c3sc4ccccc4c3N2)c1. The lowest BCUT2D eigenvalue weighted by Crippen LogP contribution is -2.19. The average molecular weight is 551 g/mol. The van der Waals surface area contributed by atoms with E-state index >= 15 is 0 Å². The molecule has 1 N–H and O–H groups in total. The number of anilines is 1. The van der Waals surface area contributed by atoms with Crippen LogP contribution in [0.1, 0.15) is 22.2 Å². The molecule has 1 aromatic heterocycles. The van der Waals surface area contributed by atoms with Gasteiger partial charge in [-0.15, -0.1) is 11.3 Å². The van der Waals surface area contributed by atoms with E-state index < -0.39 is 0 Å². The van der Waals surface area contributed by atoms with Crippen molar-refractivity contribution in [3.05, 3.63) is 148 Å². The van der Waals surface area contributed by atoms with Crippen LogP contribution in [-0.4, -0.2) is 5.71 Å². The van der Waals surface area contributed by atoms with E-state index in [0.29, 0.717) is 5.02 Å². The van der Waals surface area contributed by atoms with Gasteiger partial charge in [-0.2, -0.15) is 0 Å². The third kappa shape index (κ3) is 3.82. The largest absolute Gasteiger partial charge is 0.358 e. The Hall–Kier alpha value is -4.44. The van der Waals surface area contributed by atoms with E-state index in [1.54, 1.807) is 11.3 Å². The van der Waals surface area contributed by atoms with Crippen LogP contribution in [0, 0.1) is 0 Å². The van der Waals surface area contributed by atoms with Crippen LogP contribution in [0.5, 0.6) is 0 Å². The third-order valence-corrected chi connectivity index (χ3v) is 9.11. The topological polar surface area (TPSA) is 24.4 Å². The summed E-state index contributed by atoms with van der Waals surface area (Å²) in [5.74, 6) is 0. The Kier molecular flexibility index (Phi) is 5.47. The van der Waals surface area contributed by atoms with Crippen molar-refractivity contribution in [1.82, 2.24) is 0 Å². The zero-order chi connectivity index (χ0) is 26.6. The summed E-state index contributed by atoms with van der Waals surface area (Å²) in [7, 11) is 0. The molecule has 40 heavy (non-hydrogen) atoms. The number of rotatable bonds is 3. The second-order valence-corrected chi connectivity index (χ2v) is 11.6. The van der Waals surface area contributed by atoms with Gasteiger partial charge in [-0.05, 0) is 68.6 Å². The zero-order valence-electron chi connectivity index (χ0n) is 21.4. The fraction of sp³-hybridized carbons (Fsp3) is 0.0278. The number of nitrogens with one attached hydrogen (secondary N) is 1. The molecule has 0 spiro atoms. The number of aliphatic imine (C=N–C) groups is 1. The lowest BCUT2D eigenvalue weighted by Gasteiger charge is -2.25. The van der Waals surface area contributed by atoms with Gasteiger partial charge in [-0.25, -0.2) is 0 Å². The number of hydrogen-bond donors (Lipinski definition) is 1. The molecule has 0 saturated carbocycles. The molecule has 8 rings (SSSR count). The van der Waals surface area contributed by atoms with Gasteiger partial charge in [-0.1, -0.05) is 109 Å². The maximum atomic E-state index is 6.84. The second kappa shape index (κ2) is 9.34. The molecule has 0 radical (unpaired) electrons. The summed E-state index contributed by atoms with van der Waals surface area (Å²) in [6, 6.07) is 44.9. The predicted octanol–water partition coefficient (Wildman–Crippen LogP) is 10.5. The van der Waals surface area contributed by atoms with Crippen LogP contribution in [0.25, 0.3) is 42.8 Å². The molecule has 0 saturated heterocycles. The van der Waals surface area contributed by atoms with E-state index in [1.807, 2.05) is 12.1 Å². The van der Waals surface area contributed by atoms with Crippen LogP contribution in [0.4, 0.5) is 5.69 Å². The van der Waals surface area contributed by atoms with Crippen LogP contribution in [-0.2, 0) is 0 Å². The van der Waals surface area contributed by atoms with Gasteiger partial charge in [0.05, 0.1) is 16.3 Å². The summed E-state index contributed by atoms with van der Waals surface area (Å²) < 4.78 is 1.25. The highest BCUT2D eigenvalue weighted by Crippen LogP contribution is 2.44. The Morgan fingerprint density at radius 3 is 2.17 bits per heavy atom. The predicted molar refractivity (Wildman–Crippen MR) is 172 cm³/mol. The molecule has 0 bridgehead atoms. The van der Waals surface area contributed by atoms with Gasteiger partial charge in [0.25, 0.3) is 0 Å². The maximum Gasteiger partial charge on any atom is 0.145 e. The number of hydrogen-bond acceptors (Lipinski definition) is 3. The zero-order valence-corrected chi connectivity index (χ0v) is 23.0. The summed E-state index contributed by atoms with van der Waals surface area (Å²) in [4.78, 5) is 6.48. The van der Waals surface area contributed by atoms with E-state index in [9.17, 15) is 0 Å². The highest BCUT2D eigenvalue weighted by Gasteiger charge is 2.27. The maximum absolute atomic E-state index is 6.84. The molecule has 7 aromatic rings. The summed E-state index contributed by atoms with van der Waals surface area (Å²) >= 11 is 8.63. The van der Waals surface area contributed by atoms with E-state index in [0.717, 1.165) is 28.1 Å². The van der Waals surface area contributed by atoms with Crippen LogP contribution >= 0.6 is 22.9 Å². The van der Waals surface area contributed by atoms with Gasteiger partial charge in [0.2, 0.25) is 0 Å². The number of halogens is 1. The molecule has 2 heterocycles. The highest BCUT2D eigenvalue weighted by molar-refractivity contribution is 7.22. The molecule has 1 unspecified atom stereocenters. The van der Waals surface area contributed by atoms with Crippen molar-refractivity contribution in [2.75, 3.05) is 5.32 Å². The van der Waals surface area contributed by atoms with Crippen LogP contribution in [0.15, 0.2) is 132 Å². The van der Waals surface area contributed by atoms with Crippen molar-refractivity contribution in [3.8, 4) is 11.1 Å². The first-order valence-electron chi connectivity index (χ1n) is 13.4. The standard InChI is InChI=1S/C36H23ClN2S/c37-26-19-24(31-21-23-12-4-5-13-27(23)28-14-6-7-15-29(28)31)18-25(20-26)36-38-33(22-10-2-1-3-11-22)35-34(39-36)30-16-8-9-17-32(30)40-35/h1-21,36,39H. The van der Waals surface area contributed by atoms with Gasteiger partial charge in [0.15, 0.2) is 0 Å². The smallest absolute Gasteiger partial charge is 0.145 e. The molecule has 4 heteroatoms. The molecule has 2 nitrogen and oxygen atoms in total. The Morgan fingerprint density at radius 2 is 1.32 bits per heavy atom. The molecular weight excluding hydrogens is 528 g/mol. The first kappa shape index (κ1) is 23.4. The van der Waals surface area contributed by atoms with Crippen molar-refractivity contribution in [2.24, 2.45) is 4.99 Å². The first-order chi connectivity index (χ1) is 19.7. The van der Waals surface area contributed by atoms with E-state index in [2.05, 4.69) is 121 Å². The Balaban J connectivity index is 1.33. The molecule has 1 aliphatic heterocycles. The number of fused-ring (bicyclic) bond motifs is 6. The van der Waals surface area contributed by atoms with E-state index in [-0.39, 0.29) is 6.17 Å². The van der Waals surface area contributed by atoms with Crippen molar-refractivity contribution in [1.29, 1.82) is 0 Å². The molecule has 0 fully saturated rings. The Morgan fingerprint density at radius 1 is 0.625 bits per heavy atom. The molecule has 1 aliphatic rings. The molecule has 6 aromatic carbocycles. The van der Waals surface area contributed by atoms with Crippen LogP contribution in [0.3, 0.4) is 0 Å². The Bertz CT molecular complexity index is 2110. The van der Waals surface area contributed by atoms with E-state index in [4.69, 9.17) is 16.6 Å². The van der Waals surface area contributed by atoms with Crippen molar-refractivity contribution in [3.63, 3.8) is 0 Å². The fourth-order valence-electron chi connectivity index (χ4n) is 5.89. The molecule has 0 amide bonds. The van der Waals surface area contributed by atoms with Gasteiger partial charge in [0, 0.05) is 20.7 Å². The lowest BCUT2D eigenvalue weighted by atomic mass is 9.92. The van der Waals surface area contributed by atoms with Crippen molar-refractivity contribution >= 4 is 66.0 Å². The first-order valence-corrected chi connectivity index (χ1v) is 14.6. The normalized spacial score (nSPS) is 14.7. The minimum atomic E-state index is -0.273. The quantitative estimate of drug-likeness (QED) is 0.217. The van der Waals surface area contributed by atoms with Crippen molar-refractivity contribution in [2.45, 2.75) is 6.17 Å². The highest BCUT2D eigenvalue weighted by atomic mass is 35.5. The summed E-state index contributed by atoms with van der Waals surface area (Å²) in [6.07, 6.45) is -0.273.